The number of alkyl halides is 5. The van der Waals surface area contributed by atoms with Crippen LogP contribution in [0.5, 0.6) is 0 Å². The Labute approximate surface area is 153 Å². The minimum Gasteiger partial charge on any atom is -0.304 e. The second kappa shape index (κ2) is 7.35. The normalized spacial score (nSPS) is 23.0. The van der Waals surface area contributed by atoms with E-state index in [9.17, 15) is 26.7 Å². The highest BCUT2D eigenvalue weighted by Crippen LogP contribution is 2.40. The quantitative estimate of drug-likeness (QED) is 0.731. The Balaban J connectivity index is 1.65. The van der Waals surface area contributed by atoms with Crippen LogP contribution < -0.4 is 4.90 Å². The van der Waals surface area contributed by atoms with Crippen molar-refractivity contribution >= 4 is 11.6 Å². The summed E-state index contributed by atoms with van der Waals surface area (Å²) < 4.78 is 70.2. The zero-order valence-corrected chi connectivity index (χ0v) is 14.6. The van der Waals surface area contributed by atoms with Gasteiger partial charge in [-0.25, -0.2) is 0 Å². The van der Waals surface area contributed by atoms with Gasteiger partial charge in [-0.3, -0.25) is 4.79 Å². The lowest BCUT2D eigenvalue weighted by atomic mass is 9.88. The van der Waals surface area contributed by atoms with E-state index in [0.717, 1.165) is 4.90 Å². The maximum Gasteiger partial charge on any atom is 0.437 e. The monoisotopic (exact) mass is 392 g/mol. The number of rotatable bonds is 4. The maximum atomic E-state index is 14.2. The largest absolute Gasteiger partial charge is 0.437 e. The van der Waals surface area contributed by atoms with Gasteiger partial charge in [0.1, 0.15) is 0 Å². The fraction of sp³-hybridized carbons (Fsp3) is 0.611. The van der Waals surface area contributed by atoms with Crippen molar-refractivity contribution in [2.45, 2.75) is 43.6 Å². The lowest BCUT2D eigenvalue weighted by Gasteiger charge is -2.48. The van der Waals surface area contributed by atoms with Gasteiger partial charge in [-0.05, 0) is 37.9 Å². The third-order valence-electron chi connectivity index (χ3n) is 5.05. The predicted molar refractivity (Wildman–Crippen MR) is 88.5 cm³/mol. The Hall–Kier alpha value is -1.74. The molecule has 0 saturated carbocycles. The van der Waals surface area contributed by atoms with Crippen molar-refractivity contribution in [1.82, 2.24) is 4.90 Å². The van der Waals surface area contributed by atoms with E-state index in [2.05, 4.69) is 0 Å². The SMILES string of the molecule is O=C1N(c2ccccc2)CC2(CCN(CCCC(F)(F)F)CC2)OC1(F)F. The zero-order valence-electron chi connectivity index (χ0n) is 14.6. The summed E-state index contributed by atoms with van der Waals surface area (Å²) in [5.74, 6) is -1.40. The number of carbonyl (C=O) groups is 1. The van der Waals surface area contributed by atoms with Crippen LogP contribution >= 0.6 is 0 Å². The fourth-order valence-electron chi connectivity index (χ4n) is 3.63. The van der Waals surface area contributed by atoms with Gasteiger partial charge in [0.05, 0.1) is 12.1 Å². The van der Waals surface area contributed by atoms with Crippen molar-refractivity contribution in [3.63, 3.8) is 0 Å². The summed E-state index contributed by atoms with van der Waals surface area (Å²) in [5.41, 5.74) is -0.828. The molecule has 3 rings (SSSR count). The van der Waals surface area contributed by atoms with Crippen LogP contribution in [0.15, 0.2) is 30.3 Å². The molecule has 1 spiro atoms. The molecule has 2 heterocycles. The molecule has 2 aliphatic heterocycles. The molecule has 2 aliphatic rings. The molecule has 1 amide bonds. The highest BCUT2D eigenvalue weighted by Gasteiger charge is 2.57. The van der Waals surface area contributed by atoms with Crippen molar-refractivity contribution in [1.29, 1.82) is 0 Å². The molecule has 0 unspecified atom stereocenters. The number of para-hydroxylation sites is 1. The van der Waals surface area contributed by atoms with Crippen molar-refractivity contribution in [3.8, 4) is 0 Å². The first-order valence-electron chi connectivity index (χ1n) is 8.84. The zero-order chi connectivity index (χ0) is 19.7. The molecule has 1 aromatic rings. The van der Waals surface area contributed by atoms with E-state index in [0.29, 0.717) is 18.8 Å². The molecule has 2 fully saturated rings. The van der Waals surface area contributed by atoms with Gasteiger partial charge in [0.15, 0.2) is 0 Å². The number of carbonyl (C=O) groups excluding carboxylic acids is 1. The Morgan fingerprint density at radius 2 is 1.70 bits per heavy atom. The van der Waals surface area contributed by atoms with Gasteiger partial charge in [0.2, 0.25) is 0 Å². The summed E-state index contributed by atoms with van der Waals surface area (Å²) in [6.07, 6.45) is -8.55. The third-order valence-corrected chi connectivity index (χ3v) is 5.05. The van der Waals surface area contributed by atoms with Crippen molar-refractivity contribution < 1.29 is 31.5 Å². The highest BCUT2D eigenvalue weighted by molar-refractivity contribution is 5.98. The molecule has 0 aliphatic carbocycles. The molecule has 0 radical (unpaired) electrons. The average molecular weight is 392 g/mol. The number of hydrogen-bond acceptors (Lipinski definition) is 3. The second-order valence-electron chi connectivity index (χ2n) is 7.09. The molecule has 1 aromatic carbocycles. The first-order chi connectivity index (χ1) is 12.6. The number of nitrogens with zero attached hydrogens (tertiary/aromatic N) is 2. The summed E-state index contributed by atoms with van der Waals surface area (Å²) in [4.78, 5) is 15.0. The van der Waals surface area contributed by atoms with Gasteiger partial charge >= 0.3 is 18.2 Å². The van der Waals surface area contributed by atoms with Crippen LogP contribution in [0.2, 0.25) is 0 Å². The number of benzene rings is 1. The molecular weight excluding hydrogens is 371 g/mol. The number of likely N-dealkylation sites (tertiary alicyclic amines) is 1. The van der Waals surface area contributed by atoms with E-state index in [1.807, 2.05) is 4.90 Å². The van der Waals surface area contributed by atoms with Gasteiger partial charge in [0.25, 0.3) is 0 Å². The maximum absolute atomic E-state index is 14.2. The summed E-state index contributed by atoms with van der Waals surface area (Å²) >= 11 is 0. The summed E-state index contributed by atoms with van der Waals surface area (Å²) in [5, 5.41) is 0. The van der Waals surface area contributed by atoms with Crippen LogP contribution in [0.1, 0.15) is 25.7 Å². The lowest BCUT2D eigenvalue weighted by molar-refractivity contribution is -0.293. The molecule has 0 aromatic heterocycles. The highest BCUT2D eigenvalue weighted by atomic mass is 19.4. The van der Waals surface area contributed by atoms with E-state index in [1.165, 1.54) is 0 Å². The molecular formula is C18H21F5N2O2. The number of hydrogen-bond donors (Lipinski definition) is 0. The van der Waals surface area contributed by atoms with Crippen molar-refractivity contribution in [2.75, 3.05) is 31.1 Å². The van der Waals surface area contributed by atoms with Crippen molar-refractivity contribution in [3.05, 3.63) is 30.3 Å². The number of piperidine rings is 1. The van der Waals surface area contributed by atoms with Crippen LogP contribution in [0.3, 0.4) is 0 Å². The number of amides is 1. The minimum atomic E-state index is -4.19. The average Bonchev–Trinajstić information content (AvgIpc) is 2.60. The van der Waals surface area contributed by atoms with E-state index in [1.54, 1.807) is 30.3 Å². The van der Waals surface area contributed by atoms with E-state index < -0.39 is 30.2 Å². The van der Waals surface area contributed by atoms with Crippen molar-refractivity contribution in [2.24, 2.45) is 0 Å². The predicted octanol–water partition coefficient (Wildman–Crippen LogP) is 3.82. The summed E-state index contributed by atoms with van der Waals surface area (Å²) in [6, 6.07) is 8.21. The number of morpholine rings is 1. The fourth-order valence-corrected chi connectivity index (χ4v) is 3.63. The second-order valence-corrected chi connectivity index (χ2v) is 7.09. The molecule has 4 nitrogen and oxygen atoms in total. The minimum absolute atomic E-state index is 0.00181. The summed E-state index contributed by atoms with van der Waals surface area (Å²) in [6.45, 7) is 0.963. The molecule has 9 heteroatoms. The van der Waals surface area contributed by atoms with Gasteiger partial charge in [-0.15, -0.1) is 0 Å². The number of anilines is 1. The molecule has 27 heavy (non-hydrogen) atoms. The Morgan fingerprint density at radius 1 is 1.07 bits per heavy atom. The van der Waals surface area contributed by atoms with Gasteiger partial charge in [-0.1, -0.05) is 18.2 Å². The molecule has 0 bridgehead atoms. The number of halogens is 5. The standard InChI is InChI=1S/C18H21F5N2O2/c19-17(20,21)7-4-10-24-11-8-16(9-12-24)13-25(14-5-2-1-3-6-14)15(26)18(22,23)27-16/h1-3,5-6H,4,7-13H2. The van der Waals surface area contributed by atoms with Crippen LogP contribution in [0.4, 0.5) is 27.6 Å². The topological polar surface area (TPSA) is 32.8 Å². The van der Waals surface area contributed by atoms with Gasteiger partial charge in [0, 0.05) is 25.2 Å². The van der Waals surface area contributed by atoms with Crippen LogP contribution in [-0.2, 0) is 9.53 Å². The Morgan fingerprint density at radius 3 is 2.30 bits per heavy atom. The summed E-state index contributed by atoms with van der Waals surface area (Å²) in [7, 11) is 0. The lowest BCUT2D eigenvalue weighted by Crippen LogP contribution is -2.64. The van der Waals surface area contributed by atoms with E-state index in [4.69, 9.17) is 4.74 Å². The van der Waals surface area contributed by atoms with E-state index >= 15 is 0 Å². The van der Waals surface area contributed by atoms with Crippen LogP contribution in [0, 0.1) is 0 Å². The smallest absolute Gasteiger partial charge is 0.304 e. The van der Waals surface area contributed by atoms with Crippen LogP contribution in [-0.4, -0.2) is 54.9 Å². The van der Waals surface area contributed by atoms with E-state index in [-0.39, 0.29) is 32.4 Å². The first-order valence-corrected chi connectivity index (χ1v) is 8.84. The molecule has 0 atom stereocenters. The Bertz CT molecular complexity index is 657. The van der Waals surface area contributed by atoms with Crippen LogP contribution in [0.25, 0.3) is 0 Å². The molecule has 2 saturated heterocycles. The third kappa shape index (κ3) is 4.76. The number of ether oxygens (including phenoxy) is 1. The van der Waals surface area contributed by atoms with Gasteiger partial charge in [-0.2, -0.15) is 22.0 Å². The first kappa shape index (κ1) is 20.0. The molecule has 150 valence electrons. The molecule has 0 N–H and O–H groups in total. The Kier molecular flexibility index (Phi) is 5.45. The van der Waals surface area contributed by atoms with Gasteiger partial charge < -0.3 is 14.5 Å².